The summed E-state index contributed by atoms with van der Waals surface area (Å²) in [6, 6.07) is 9.84. The van der Waals surface area contributed by atoms with E-state index in [0.717, 1.165) is 5.56 Å². The Hall–Kier alpha value is -3.18. The van der Waals surface area contributed by atoms with Gasteiger partial charge in [-0.1, -0.05) is 12.1 Å². The van der Waals surface area contributed by atoms with Crippen LogP contribution in [-0.2, 0) is 21.2 Å². The largest absolute Gasteiger partial charge is 0.493 e. The Morgan fingerprint density at radius 3 is 2.43 bits per heavy atom. The van der Waals surface area contributed by atoms with Crippen molar-refractivity contribution in [3.63, 3.8) is 0 Å². The molecule has 0 spiro atoms. The number of amides is 1. The first kappa shape index (κ1) is 21.1. The molecule has 2 rings (SSSR count). The van der Waals surface area contributed by atoms with Gasteiger partial charge in [0.05, 0.1) is 23.0 Å². The quantitative estimate of drug-likeness (QED) is 0.463. The molecule has 0 atom stereocenters. The number of carbonyl (C=O) groups excluding carboxylic acids is 1. The number of nitro benzene ring substituents is 1. The molecule has 2 aromatic carbocycles. The van der Waals surface area contributed by atoms with Gasteiger partial charge in [0.25, 0.3) is 11.6 Å². The zero-order chi connectivity index (χ0) is 20.7. The maximum atomic E-state index is 11.9. The van der Waals surface area contributed by atoms with Gasteiger partial charge < -0.3 is 14.8 Å². The van der Waals surface area contributed by atoms with Gasteiger partial charge in [0.15, 0.2) is 18.1 Å². The van der Waals surface area contributed by atoms with Crippen LogP contribution in [0.2, 0.25) is 0 Å². The standard InChI is InChI=1S/C17H19N3O7S/c1-26-15-7-4-13(20(22)23)10-16(15)27-11-17(21)19-9-8-12-2-5-14(6-3-12)28(18,24)25/h2-7,10H,8-9,11H2,1H3,(H,19,21)(H2,18,24,25). The van der Waals surface area contributed by atoms with Gasteiger partial charge in [-0.3, -0.25) is 14.9 Å². The minimum atomic E-state index is -3.74. The molecule has 3 N–H and O–H groups in total. The van der Waals surface area contributed by atoms with Crippen molar-refractivity contribution in [1.29, 1.82) is 0 Å². The lowest BCUT2D eigenvalue weighted by molar-refractivity contribution is -0.385. The van der Waals surface area contributed by atoms with Crippen LogP contribution in [0.25, 0.3) is 0 Å². The number of nitro groups is 1. The summed E-state index contributed by atoms with van der Waals surface area (Å²) in [5.41, 5.74) is 0.633. The number of benzene rings is 2. The lowest BCUT2D eigenvalue weighted by Gasteiger charge is -2.11. The van der Waals surface area contributed by atoms with E-state index in [1.165, 1.54) is 37.4 Å². The Labute approximate surface area is 161 Å². The Bertz CT molecular complexity index is 959. The third-order valence-electron chi connectivity index (χ3n) is 3.70. The second-order valence-corrected chi connectivity index (χ2v) is 7.23. The first-order valence-electron chi connectivity index (χ1n) is 8.04. The number of primary sulfonamides is 1. The molecule has 2 aromatic rings. The summed E-state index contributed by atoms with van der Waals surface area (Å²) in [4.78, 5) is 22.2. The average Bonchev–Trinajstić information content (AvgIpc) is 2.65. The third-order valence-corrected chi connectivity index (χ3v) is 4.63. The fourth-order valence-corrected chi connectivity index (χ4v) is 2.79. The maximum Gasteiger partial charge on any atom is 0.273 e. The van der Waals surface area contributed by atoms with Crippen molar-refractivity contribution in [2.75, 3.05) is 20.3 Å². The van der Waals surface area contributed by atoms with Gasteiger partial charge in [0.2, 0.25) is 10.0 Å². The fraction of sp³-hybridized carbons (Fsp3) is 0.235. The third kappa shape index (κ3) is 5.93. The Kier molecular flexibility index (Phi) is 6.90. The summed E-state index contributed by atoms with van der Waals surface area (Å²) in [5, 5.41) is 18.5. The van der Waals surface area contributed by atoms with Crippen molar-refractivity contribution >= 4 is 21.6 Å². The average molecular weight is 409 g/mol. The summed E-state index contributed by atoms with van der Waals surface area (Å²) in [6.45, 7) is -0.0507. The van der Waals surface area contributed by atoms with Gasteiger partial charge in [-0.15, -0.1) is 0 Å². The van der Waals surface area contributed by atoms with E-state index in [4.69, 9.17) is 14.6 Å². The highest BCUT2D eigenvalue weighted by atomic mass is 32.2. The molecule has 0 heterocycles. The number of non-ortho nitro benzene ring substituents is 1. The molecule has 0 saturated heterocycles. The molecule has 0 bridgehead atoms. The predicted octanol–water partition coefficient (Wildman–Crippen LogP) is 0.988. The van der Waals surface area contributed by atoms with Crippen LogP contribution >= 0.6 is 0 Å². The smallest absolute Gasteiger partial charge is 0.273 e. The number of nitrogens with two attached hydrogens (primary N) is 1. The summed E-state index contributed by atoms with van der Waals surface area (Å²) < 4.78 is 32.8. The zero-order valence-electron chi connectivity index (χ0n) is 15.0. The predicted molar refractivity (Wildman–Crippen MR) is 99.7 cm³/mol. The summed E-state index contributed by atoms with van der Waals surface area (Å²) in [7, 11) is -2.36. The SMILES string of the molecule is COc1ccc([N+](=O)[O-])cc1OCC(=O)NCCc1ccc(S(N)(=O)=O)cc1. The van der Waals surface area contributed by atoms with Crippen LogP contribution in [0, 0.1) is 10.1 Å². The Balaban J connectivity index is 1.85. The van der Waals surface area contributed by atoms with Crippen LogP contribution in [0.15, 0.2) is 47.4 Å². The molecule has 0 unspecified atom stereocenters. The van der Waals surface area contributed by atoms with Gasteiger partial charge in [0.1, 0.15) is 0 Å². The van der Waals surface area contributed by atoms with E-state index in [1.807, 2.05) is 0 Å². The number of ether oxygens (including phenoxy) is 2. The summed E-state index contributed by atoms with van der Waals surface area (Å²) in [6.07, 6.45) is 0.469. The van der Waals surface area contributed by atoms with E-state index < -0.39 is 20.9 Å². The molecule has 28 heavy (non-hydrogen) atoms. The topological polar surface area (TPSA) is 151 Å². The first-order chi connectivity index (χ1) is 13.2. The van der Waals surface area contributed by atoms with E-state index in [2.05, 4.69) is 5.32 Å². The molecule has 150 valence electrons. The molecule has 0 aromatic heterocycles. The molecule has 0 fully saturated rings. The molecule has 10 nitrogen and oxygen atoms in total. The maximum absolute atomic E-state index is 11.9. The Morgan fingerprint density at radius 1 is 1.18 bits per heavy atom. The van der Waals surface area contributed by atoms with Crippen molar-refractivity contribution in [2.24, 2.45) is 5.14 Å². The van der Waals surface area contributed by atoms with E-state index in [0.29, 0.717) is 13.0 Å². The van der Waals surface area contributed by atoms with E-state index in [-0.39, 0.29) is 28.7 Å². The monoisotopic (exact) mass is 409 g/mol. The van der Waals surface area contributed by atoms with Crippen molar-refractivity contribution in [3.05, 3.63) is 58.1 Å². The van der Waals surface area contributed by atoms with E-state index in [1.54, 1.807) is 12.1 Å². The first-order valence-corrected chi connectivity index (χ1v) is 9.59. The second-order valence-electron chi connectivity index (χ2n) is 5.67. The molecule has 0 saturated carbocycles. The van der Waals surface area contributed by atoms with Crippen LogP contribution in [-0.4, -0.2) is 39.5 Å². The molecule has 0 aliphatic heterocycles. The molecule has 11 heteroatoms. The number of nitrogens with zero attached hydrogens (tertiary/aromatic N) is 1. The lowest BCUT2D eigenvalue weighted by atomic mass is 10.1. The second kappa shape index (κ2) is 9.15. The zero-order valence-corrected chi connectivity index (χ0v) is 15.8. The number of hydrogen-bond acceptors (Lipinski definition) is 7. The molecule has 0 aliphatic rings. The van der Waals surface area contributed by atoms with Crippen LogP contribution in [0.1, 0.15) is 5.56 Å². The minimum Gasteiger partial charge on any atom is -0.493 e. The molecular weight excluding hydrogens is 390 g/mol. The highest BCUT2D eigenvalue weighted by molar-refractivity contribution is 7.89. The van der Waals surface area contributed by atoms with E-state index >= 15 is 0 Å². The molecule has 0 aliphatic carbocycles. The molecule has 0 radical (unpaired) electrons. The minimum absolute atomic E-state index is 0.0135. The lowest BCUT2D eigenvalue weighted by Crippen LogP contribution is -2.30. The van der Waals surface area contributed by atoms with Crippen molar-refractivity contribution in [1.82, 2.24) is 5.32 Å². The number of methoxy groups -OCH3 is 1. The highest BCUT2D eigenvalue weighted by Gasteiger charge is 2.14. The molecular formula is C17H19N3O7S. The molecule has 1 amide bonds. The number of sulfonamides is 1. The number of rotatable bonds is 9. The summed E-state index contributed by atoms with van der Waals surface area (Å²) in [5.74, 6) is -0.0616. The van der Waals surface area contributed by atoms with Gasteiger partial charge in [-0.05, 0) is 30.2 Å². The van der Waals surface area contributed by atoms with Crippen molar-refractivity contribution < 1.29 is 27.6 Å². The van der Waals surface area contributed by atoms with Gasteiger partial charge in [-0.2, -0.15) is 0 Å². The summed E-state index contributed by atoms with van der Waals surface area (Å²) >= 11 is 0. The van der Waals surface area contributed by atoms with Gasteiger partial charge in [0, 0.05) is 12.6 Å². The Morgan fingerprint density at radius 2 is 1.86 bits per heavy atom. The van der Waals surface area contributed by atoms with Gasteiger partial charge >= 0.3 is 0 Å². The van der Waals surface area contributed by atoms with Crippen LogP contribution in [0.4, 0.5) is 5.69 Å². The normalized spacial score (nSPS) is 10.9. The van der Waals surface area contributed by atoms with E-state index in [9.17, 15) is 23.3 Å². The van der Waals surface area contributed by atoms with Crippen LogP contribution in [0.5, 0.6) is 11.5 Å². The number of nitrogens with one attached hydrogen (secondary N) is 1. The number of carbonyl (C=O) groups is 1. The fourth-order valence-electron chi connectivity index (χ4n) is 2.28. The number of hydrogen-bond donors (Lipinski definition) is 2. The van der Waals surface area contributed by atoms with Gasteiger partial charge in [-0.25, -0.2) is 13.6 Å². The highest BCUT2D eigenvalue weighted by Crippen LogP contribution is 2.30. The van der Waals surface area contributed by atoms with Crippen LogP contribution < -0.4 is 19.9 Å². The van der Waals surface area contributed by atoms with Crippen molar-refractivity contribution in [2.45, 2.75) is 11.3 Å². The van der Waals surface area contributed by atoms with Crippen LogP contribution in [0.3, 0.4) is 0 Å². The van der Waals surface area contributed by atoms with Crippen molar-refractivity contribution in [3.8, 4) is 11.5 Å².